The number of likely N-dealkylation sites (tertiary alicyclic amines) is 2. The molecule has 4 fully saturated rings. The first-order valence-corrected chi connectivity index (χ1v) is 25.3. The lowest BCUT2D eigenvalue weighted by Crippen LogP contribution is -2.39. The largest absolute Gasteiger partial charge is 0.493 e. The summed E-state index contributed by atoms with van der Waals surface area (Å²) >= 11 is 8.30. The van der Waals surface area contributed by atoms with Crippen molar-refractivity contribution in [1.82, 2.24) is 19.2 Å². The van der Waals surface area contributed by atoms with Gasteiger partial charge in [0.2, 0.25) is 0 Å². The number of rotatable bonds is 14. The third-order valence-corrected chi connectivity index (χ3v) is 13.0. The number of nitrogens with zero attached hydrogens (tertiary/aromatic N) is 2. The van der Waals surface area contributed by atoms with Crippen molar-refractivity contribution in [2.24, 2.45) is 11.8 Å². The third-order valence-electron chi connectivity index (χ3n) is 12.0. The molecule has 2 heterocycles. The molecule has 2 saturated heterocycles. The monoisotopic (exact) mass is 948 g/mol. The van der Waals surface area contributed by atoms with Crippen LogP contribution in [0, 0.1) is 23.5 Å². The summed E-state index contributed by atoms with van der Waals surface area (Å²) in [5, 5.41) is 0.551. The second-order valence-electron chi connectivity index (χ2n) is 16.5. The molecule has 2 aliphatic carbocycles. The Morgan fingerprint density at radius 2 is 1.02 bits per heavy atom. The fourth-order valence-electron chi connectivity index (χ4n) is 8.05. The van der Waals surface area contributed by atoms with Gasteiger partial charge in [-0.05, 0) is 129 Å². The van der Waals surface area contributed by atoms with E-state index in [9.17, 15) is 28.0 Å². The smallest absolute Gasteiger partial charge is 0.264 e. The van der Waals surface area contributed by atoms with Crippen LogP contribution in [0.5, 0.6) is 11.5 Å². The predicted octanol–water partition coefficient (Wildman–Crippen LogP) is 11.0. The number of hydrogen-bond acceptors (Lipinski definition) is 8. The molecular formula is C50H59ClF2N4O6S2. The summed E-state index contributed by atoms with van der Waals surface area (Å²) in [6.07, 6.45) is 10.9. The van der Waals surface area contributed by atoms with E-state index in [2.05, 4.69) is 9.44 Å². The standard InChI is InChI=1S/C24H26ClFN2O3S.C24H27FN2O3S.C2H6/c1-32-27-23(29)20-12-19(16-5-6-16)22(13-21(20)26)31-14-15-7-9-28(10-8-15)24(30)17-3-2-4-18(25)11-17;1-31-26-23(28)20-13-19(17-7-8-17)22(14-21(20)25)30-15-16-9-11-27(12-10-16)24(29)18-5-3-2-4-6-18;1-2/h2-4,11-13,15-16H,5-10,14H2,1H3,(H,27,29);2-6,13-14,16-17H,7-12,15H2,1H3,(H,26,28);1-2H3. The highest BCUT2D eigenvalue weighted by Crippen LogP contribution is 2.46. The highest BCUT2D eigenvalue weighted by molar-refractivity contribution is 7.97. The molecule has 348 valence electrons. The zero-order chi connectivity index (χ0) is 46.5. The molecule has 0 spiro atoms. The molecule has 0 aromatic heterocycles. The van der Waals surface area contributed by atoms with Crippen LogP contribution in [0.2, 0.25) is 5.02 Å². The minimum absolute atomic E-state index is 0.0101. The molecule has 8 rings (SSSR count). The van der Waals surface area contributed by atoms with Crippen molar-refractivity contribution >= 4 is 59.1 Å². The highest BCUT2D eigenvalue weighted by Gasteiger charge is 2.32. The Balaban J connectivity index is 0.000000208. The van der Waals surface area contributed by atoms with E-state index in [0.717, 1.165) is 86.4 Å². The molecule has 2 N–H and O–H groups in total. The second kappa shape index (κ2) is 24.1. The first-order chi connectivity index (χ1) is 31.5. The summed E-state index contributed by atoms with van der Waals surface area (Å²) in [5.41, 5.74) is 3.27. The van der Waals surface area contributed by atoms with Gasteiger partial charge in [-0.3, -0.25) is 28.6 Å². The van der Waals surface area contributed by atoms with E-state index in [-0.39, 0.29) is 28.9 Å². The van der Waals surface area contributed by atoms with E-state index in [1.807, 2.05) is 54.0 Å². The molecule has 10 nitrogen and oxygen atoms in total. The van der Waals surface area contributed by atoms with Gasteiger partial charge < -0.3 is 19.3 Å². The molecule has 0 bridgehead atoms. The van der Waals surface area contributed by atoms with E-state index in [1.54, 1.807) is 48.9 Å². The van der Waals surface area contributed by atoms with Crippen LogP contribution in [-0.4, -0.2) is 85.3 Å². The van der Waals surface area contributed by atoms with Crippen LogP contribution < -0.4 is 18.9 Å². The van der Waals surface area contributed by atoms with Crippen LogP contribution in [0.15, 0.2) is 78.9 Å². The minimum atomic E-state index is -0.571. The number of piperidine rings is 2. The summed E-state index contributed by atoms with van der Waals surface area (Å²) in [4.78, 5) is 53.3. The Morgan fingerprint density at radius 1 is 0.600 bits per heavy atom. The lowest BCUT2D eigenvalue weighted by atomic mass is 9.97. The summed E-state index contributed by atoms with van der Waals surface area (Å²) in [6, 6.07) is 22.3. The highest BCUT2D eigenvalue weighted by atomic mass is 35.5. The number of nitrogens with one attached hydrogen (secondary N) is 2. The van der Waals surface area contributed by atoms with Crippen molar-refractivity contribution in [2.45, 2.75) is 77.0 Å². The third kappa shape index (κ3) is 13.6. The zero-order valence-electron chi connectivity index (χ0n) is 37.5. The van der Waals surface area contributed by atoms with E-state index in [4.69, 9.17) is 21.1 Å². The van der Waals surface area contributed by atoms with E-state index in [1.165, 1.54) is 12.1 Å². The normalized spacial score (nSPS) is 16.3. The van der Waals surface area contributed by atoms with E-state index < -0.39 is 23.4 Å². The molecule has 2 saturated carbocycles. The number of carbonyl (C=O) groups is 4. The number of benzene rings is 4. The summed E-state index contributed by atoms with van der Waals surface area (Å²) < 4.78 is 46.4. The molecule has 0 radical (unpaired) electrons. The van der Waals surface area contributed by atoms with Crippen molar-refractivity contribution in [3.8, 4) is 11.5 Å². The van der Waals surface area contributed by atoms with Gasteiger partial charge in [0.15, 0.2) is 0 Å². The van der Waals surface area contributed by atoms with Crippen LogP contribution in [0.25, 0.3) is 0 Å². The van der Waals surface area contributed by atoms with Gasteiger partial charge in [0.1, 0.15) is 23.1 Å². The zero-order valence-corrected chi connectivity index (χ0v) is 39.9. The number of amides is 4. The van der Waals surface area contributed by atoms with Gasteiger partial charge in [-0.25, -0.2) is 8.78 Å². The van der Waals surface area contributed by atoms with Crippen LogP contribution in [0.3, 0.4) is 0 Å². The molecule has 2 aliphatic heterocycles. The van der Waals surface area contributed by atoms with Crippen LogP contribution in [0.1, 0.15) is 130 Å². The van der Waals surface area contributed by atoms with Crippen molar-refractivity contribution in [2.75, 3.05) is 51.9 Å². The van der Waals surface area contributed by atoms with Gasteiger partial charge in [-0.15, -0.1) is 0 Å². The van der Waals surface area contributed by atoms with E-state index >= 15 is 0 Å². The molecule has 15 heteroatoms. The molecule has 4 amide bonds. The van der Waals surface area contributed by atoms with Gasteiger partial charge in [-0.1, -0.05) is 73.6 Å². The Hall–Kier alpha value is -4.79. The summed E-state index contributed by atoms with van der Waals surface area (Å²) in [7, 11) is 0. The fourth-order valence-corrected chi connectivity index (χ4v) is 8.83. The van der Waals surface area contributed by atoms with Crippen molar-refractivity contribution < 1.29 is 37.4 Å². The molecule has 4 aromatic rings. The Morgan fingerprint density at radius 3 is 1.42 bits per heavy atom. The van der Waals surface area contributed by atoms with Crippen LogP contribution in [0.4, 0.5) is 8.78 Å². The van der Waals surface area contributed by atoms with Gasteiger partial charge in [-0.2, -0.15) is 0 Å². The molecular weight excluding hydrogens is 890 g/mol. The number of hydrogen-bond donors (Lipinski definition) is 2. The number of halogens is 3. The lowest BCUT2D eigenvalue weighted by molar-refractivity contribution is 0.0654. The summed E-state index contributed by atoms with van der Waals surface area (Å²) in [5.74, 6) is 0.404. The maximum atomic E-state index is 14.6. The Kier molecular flexibility index (Phi) is 18.4. The number of ether oxygens (including phenoxy) is 2. The maximum Gasteiger partial charge on any atom is 0.264 e. The lowest BCUT2D eigenvalue weighted by Gasteiger charge is -2.32. The Labute approximate surface area is 395 Å². The average Bonchev–Trinajstić information content (AvgIpc) is 4.28. The first kappa shape index (κ1) is 49.6. The molecule has 4 aliphatic rings. The van der Waals surface area contributed by atoms with E-state index in [0.29, 0.717) is 84.8 Å². The SMILES string of the molecule is CC.CSNC(=O)c1cc(C2CC2)c(OCC2CCN(C(=O)c3cccc(Cl)c3)CC2)cc1F.CSNC(=O)c1cc(C2CC2)c(OCC2CCN(C(=O)c3ccccc3)CC2)cc1F. The molecule has 0 atom stereocenters. The van der Waals surface area contributed by atoms with Crippen LogP contribution >= 0.6 is 35.5 Å². The average molecular weight is 950 g/mol. The van der Waals surface area contributed by atoms with Gasteiger partial charge in [0, 0.05) is 67.0 Å². The van der Waals surface area contributed by atoms with Gasteiger partial charge in [0.25, 0.3) is 23.6 Å². The van der Waals surface area contributed by atoms with Crippen LogP contribution in [-0.2, 0) is 0 Å². The summed E-state index contributed by atoms with van der Waals surface area (Å²) in [6.45, 7) is 7.64. The Bertz CT molecular complexity index is 2270. The van der Waals surface area contributed by atoms with Gasteiger partial charge in [0.05, 0.1) is 24.3 Å². The predicted molar refractivity (Wildman–Crippen MR) is 256 cm³/mol. The molecule has 0 unspecified atom stereocenters. The van der Waals surface area contributed by atoms with Crippen molar-refractivity contribution in [3.63, 3.8) is 0 Å². The number of carbonyl (C=O) groups excluding carboxylic acids is 4. The first-order valence-electron chi connectivity index (χ1n) is 22.5. The van der Waals surface area contributed by atoms with Gasteiger partial charge >= 0.3 is 0 Å². The van der Waals surface area contributed by atoms with Crippen molar-refractivity contribution in [1.29, 1.82) is 0 Å². The second-order valence-corrected chi connectivity index (χ2v) is 18.2. The topological polar surface area (TPSA) is 117 Å². The molecule has 65 heavy (non-hydrogen) atoms. The molecule has 4 aromatic carbocycles. The minimum Gasteiger partial charge on any atom is -0.493 e. The quantitative estimate of drug-likeness (QED) is 0.120. The maximum absolute atomic E-state index is 14.6. The fraction of sp³-hybridized carbons (Fsp3) is 0.440. The van der Waals surface area contributed by atoms with Crippen molar-refractivity contribution in [3.05, 3.63) is 129 Å².